The number of anilines is 2. The molecule has 9 heteroatoms. The standard InChI is InChI=1S/C18H19N3O4S2/c1-10-3-8-13-14(9-10)27-16(15(13)17(22)25-2)20-18(26)19-11-4-6-12(7-5-11)21(23)24/h4-7,10H,3,8-9H2,1-2H3,(H2,19,20,26). The third kappa shape index (κ3) is 4.25. The number of esters is 1. The first-order valence-corrected chi connectivity index (χ1v) is 9.66. The summed E-state index contributed by atoms with van der Waals surface area (Å²) in [7, 11) is 1.37. The normalized spacial score (nSPS) is 15.6. The van der Waals surface area contributed by atoms with Crippen LogP contribution in [-0.2, 0) is 17.6 Å². The molecule has 0 aliphatic heterocycles. The molecular weight excluding hydrogens is 386 g/mol. The largest absolute Gasteiger partial charge is 0.465 e. The molecule has 0 bridgehead atoms. The van der Waals surface area contributed by atoms with E-state index in [-0.39, 0.29) is 11.7 Å². The van der Waals surface area contributed by atoms with Crippen LogP contribution in [0.15, 0.2) is 24.3 Å². The van der Waals surface area contributed by atoms with Crippen molar-refractivity contribution in [3.63, 3.8) is 0 Å². The van der Waals surface area contributed by atoms with Crippen molar-refractivity contribution >= 4 is 51.0 Å². The second-order valence-electron chi connectivity index (χ2n) is 6.43. The van der Waals surface area contributed by atoms with Gasteiger partial charge in [-0.3, -0.25) is 10.1 Å². The van der Waals surface area contributed by atoms with Crippen molar-refractivity contribution in [2.24, 2.45) is 5.92 Å². The van der Waals surface area contributed by atoms with Crippen LogP contribution in [0.4, 0.5) is 16.4 Å². The third-order valence-corrected chi connectivity index (χ3v) is 5.84. The van der Waals surface area contributed by atoms with E-state index in [1.54, 1.807) is 12.1 Å². The molecule has 3 rings (SSSR count). The van der Waals surface area contributed by atoms with Gasteiger partial charge in [-0.05, 0) is 55.1 Å². The van der Waals surface area contributed by atoms with Crippen molar-refractivity contribution in [1.29, 1.82) is 0 Å². The quantitative estimate of drug-likeness (QED) is 0.337. The Balaban J connectivity index is 1.79. The molecule has 1 aliphatic rings. The maximum atomic E-state index is 12.3. The number of fused-ring (bicyclic) bond motifs is 1. The zero-order chi connectivity index (χ0) is 19.6. The molecular formula is C18H19N3O4S2. The number of carbonyl (C=O) groups excluding carboxylic acids is 1. The molecule has 7 nitrogen and oxygen atoms in total. The Hall–Kier alpha value is -2.52. The molecule has 0 saturated carbocycles. The van der Waals surface area contributed by atoms with E-state index in [4.69, 9.17) is 17.0 Å². The zero-order valence-electron chi connectivity index (χ0n) is 14.9. The maximum absolute atomic E-state index is 12.3. The lowest BCUT2D eigenvalue weighted by Crippen LogP contribution is -2.20. The lowest BCUT2D eigenvalue weighted by atomic mass is 9.88. The van der Waals surface area contributed by atoms with E-state index >= 15 is 0 Å². The van der Waals surface area contributed by atoms with E-state index in [1.165, 1.54) is 35.5 Å². The molecule has 0 fully saturated rings. The molecule has 2 aromatic rings. The molecule has 1 aliphatic carbocycles. The number of nitrogens with zero attached hydrogens (tertiary/aromatic N) is 1. The Bertz CT molecular complexity index is 893. The number of nitro groups is 1. The van der Waals surface area contributed by atoms with Crippen LogP contribution < -0.4 is 10.6 Å². The fourth-order valence-electron chi connectivity index (χ4n) is 3.09. The van der Waals surface area contributed by atoms with Crippen LogP contribution in [0.25, 0.3) is 0 Å². The van der Waals surface area contributed by atoms with Gasteiger partial charge in [-0.25, -0.2) is 4.79 Å². The second kappa shape index (κ2) is 8.01. The Kier molecular flexibility index (Phi) is 5.71. The summed E-state index contributed by atoms with van der Waals surface area (Å²) in [5, 5.41) is 17.8. The van der Waals surface area contributed by atoms with Crippen LogP contribution in [0.3, 0.4) is 0 Å². The van der Waals surface area contributed by atoms with Gasteiger partial charge in [0.1, 0.15) is 5.00 Å². The number of nitrogens with one attached hydrogen (secondary N) is 2. The average molecular weight is 406 g/mol. The number of hydrogen-bond donors (Lipinski definition) is 2. The number of thiophene rings is 1. The van der Waals surface area contributed by atoms with Gasteiger partial charge in [0.15, 0.2) is 5.11 Å². The van der Waals surface area contributed by atoms with Gasteiger partial charge in [0.25, 0.3) is 5.69 Å². The van der Waals surface area contributed by atoms with E-state index in [1.807, 2.05) is 0 Å². The van der Waals surface area contributed by atoms with E-state index in [2.05, 4.69) is 17.6 Å². The van der Waals surface area contributed by atoms with E-state index in [0.29, 0.717) is 27.3 Å². The molecule has 1 atom stereocenters. The number of benzene rings is 1. The van der Waals surface area contributed by atoms with Crippen LogP contribution in [-0.4, -0.2) is 23.1 Å². The van der Waals surface area contributed by atoms with E-state index in [0.717, 1.165) is 24.8 Å². The smallest absolute Gasteiger partial charge is 0.341 e. The maximum Gasteiger partial charge on any atom is 0.341 e. The first-order chi connectivity index (χ1) is 12.9. The van der Waals surface area contributed by atoms with Gasteiger partial charge >= 0.3 is 5.97 Å². The second-order valence-corrected chi connectivity index (χ2v) is 7.94. The summed E-state index contributed by atoms with van der Waals surface area (Å²) < 4.78 is 4.96. The summed E-state index contributed by atoms with van der Waals surface area (Å²) in [5.41, 5.74) is 2.22. The number of carbonyl (C=O) groups is 1. The lowest BCUT2D eigenvalue weighted by molar-refractivity contribution is -0.384. The predicted octanol–water partition coefficient (Wildman–Crippen LogP) is 4.38. The summed E-state index contributed by atoms with van der Waals surface area (Å²) in [6, 6.07) is 5.95. The Labute approximate surface area is 165 Å². The van der Waals surface area contributed by atoms with Crippen molar-refractivity contribution in [3.05, 3.63) is 50.4 Å². The first kappa shape index (κ1) is 19.2. The van der Waals surface area contributed by atoms with Gasteiger partial charge in [0, 0.05) is 22.7 Å². The Morgan fingerprint density at radius 1 is 1.33 bits per heavy atom. The van der Waals surface area contributed by atoms with Gasteiger partial charge < -0.3 is 15.4 Å². The molecule has 1 unspecified atom stereocenters. The molecule has 2 N–H and O–H groups in total. The minimum absolute atomic E-state index is 0.00690. The lowest BCUT2D eigenvalue weighted by Gasteiger charge is -2.18. The zero-order valence-corrected chi connectivity index (χ0v) is 16.5. The number of thiocarbonyl (C=S) groups is 1. The molecule has 0 radical (unpaired) electrons. The van der Waals surface area contributed by atoms with Gasteiger partial charge in [0.05, 0.1) is 17.6 Å². The minimum atomic E-state index is -0.458. The average Bonchev–Trinajstić information content (AvgIpc) is 2.98. The van der Waals surface area contributed by atoms with Gasteiger partial charge in [-0.1, -0.05) is 6.92 Å². The van der Waals surface area contributed by atoms with Crippen molar-refractivity contribution in [2.75, 3.05) is 17.7 Å². The summed E-state index contributed by atoms with van der Waals surface area (Å²) in [4.78, 5) is 23.8. The van der Waals surface area contributed by atoms with Crippen LogP contribution in [0.1, 0.15) is 34.1 Å². The molecule has 0 saturated heterocycles. The molecule has 0 spiro atoms. The Morgan fingerprint density at radius 3 is 2.67 bits per heavy atom. The minimum Gasteiger partial charge on any atom is -0.465 e. The highest BCUT2D eigenvalue weighted by atomic mass is 32.1. The van der Waals surface area contributed by atoms with Crippen LogP contribution >= 0.6 is 23.6 Å². The van der Waals surface area contributed by atoms with Crippen molar-refractivity contribution in [2.45, 2.75) is 26.2 Å². The Morgan fingerprint density at radius 2 is 2.04 bits per heavy atom. The fraction of sp³-hybridized carbons (Fsp3) is 0.333. The molecule has 1 aromatic carbocycles. The molecule has 1 aromatic heterocycles. The van der Waals surface area contributed by atoms with Crippen molar-refractivity contribution in [3.8, 4) is 0 Å². The highest BCUT2D eigenvalue weighted by molar-refractivity contribution is 7.80. The number of rotatable bonds is 4. The number of ether oxygens (including phenoxy) is 1. The highest BCUT2D eigenvalue weighted by Crippen LogP contribution is 2.40. The van der Waals surface area contributed by atoms with Crippen LogP contribution in [0.2, 0.25) is 0 Å². The number of non-ortho nitro benzene ring substituents is 1. The van der Waals surface area contributed by atoms with Gasteiger partial charge in [-0.15, -0.1) is 11.3 Å². The topological polar surface area (TPSA) is 93.5 Å². The summed E-state index contributed by atoms with van der Waals surface area (Å²) in [6.07, 6.45) is 2.83. The summed E-state index contributed by atoms with van der Waals surface area (Å²) in [5.74, 6) is 0.211. The van der Waals surface area contributed by atoms with E-state index < -0.39 is 4.92 Å². The van der Waals surface area contributed by atoms with Crippen molar-refractivity contribution < 1.29 is 14.5 Å². The molecule has 0 amide bonds. The van der Waals surface area contributed by atoms with Gasteiger partial charge in [0.2, 0.25) is 0 Å². The number of methoxy groups -OCH3 is 1. The highest BCUT2D eigenvalue weighted by Gasteiger charge is 2.28. The van der Waals surface area contributed by atoms with Gasteiger partial charge in [-0.2, -0.15) is 0 Å². The number of hydrogen-bond acceptors (Lipinski definition) is 6. The molecule has 1 heterocycles. The monoisotopic (exact) mass is 405 g/mol. The molecule has 27 heavy (non-hydrogen) atoms. The summed E-state index contributed by atoms with van der Waals surface area (Å²) in [6.45, 7) is 2.20. The summed E-state index contributed by atoms with van der Waals surface area (Å²) >= 11 is 6.87. The van der Waals surface area contributed by atoms with E-state index in [9.17, 15) is 14.9 Å². The predicted molar refractivity (Wildman–Crippen MR) is 110 cm³/mol. The molecule has 142 valence electrons. The third-order valence-electron chi connectivity index (χ3n) is 4.46. The van der Waals surface area contributed by atoms with Crippen LogP contribution in [0, 0.1) is 16.0 Å². The SMILES string of the molecule is COC(=O)c1c(NC(=S)Nc2ccc([N+](=O)[O-])cc2)sc2c1CCC(C)C2. The fourth-order valence-corrected chi connectivity index (χ4v) is 4.78. The number of nitro benzene ring substituents is 1. The first-order valence-electron chi connectivity index (χ1n) is 8.44. The van der Waals surface area contributed by atoms with Crippen LogP contribution in [0.5, 0.6) is 0 Å². The van der Waals surface area contributed by atoms with Crippen molar-refractivity contribution in [1.82, 2.24) is 0 Å².